The van der Waals surface area contributed by atoms with Crippen LogP contribution in [0.5, 0.6) is 11.5 Å². The summed E-state index contributed by atoms with van der Waals surface area (Å²) in [4.78, 5) is 32.1. The standard InChI is InChI=1S/C26H29N5O7S/c1-5-7-19-22-23(31(3)29-19)25(32)28-24(27-22)18-14-17(12-13-20(18)38-6-2)39(35,36)30-21(26(33)34)15-8-10-16(37-4)11-9-15/h8-14,21,30H,5-7H2,1-4H3,(H,33,34)(H,27,28,32). The second-order valence-corrected chi connectivity index (χ2v) is 10.4. The van der Waals surface area contributed by atoms with Gasteiger partial charge in [0.25, 0.3) is 5.56 Å². The summed E-state index contributed by atoms with van der Waals surface area (Å²) in [5.74, 6) is -0.490. The van der Waals surface area contributed by atoms with Crippen LogP contribution in [0.2, 0.25) is 0 Å². The van der Waals surface area contributed by atoms with Crippen molar-refractivity contribution in [3.05, 3.63) is 64.1 Å². The first kappa shape index (κ1) is 27.8. The van der Waals surface area contributed by atoms with E-state index in [0.717, 1.165) is 6.42 Å². The van der Waals surface area contributed by atoms with Crippen molar-refractivity contribution in [2.24, 2.45) is 7.05 Å². The van der Waals surface area contributed by atoms with Crippen molar-refractivity contribution in [3.63, 3.8) is 0 Å². The quantitative estimate of drug-likeness (QED) is 0.252. The number of carboxylic acids is 1. The lowest BCUT2D eigenvalue weighted by Crippen LogP contribution is -2.33. The van der Waals surface area contributed by atoms with E-state index in [1.165, 1.54) is 54.3 Å². The lowest BCUT2D eigenvalue weighted by Gasteiger charge is -2.17. The minimum atomic E-state index is -4.35. The number of aliphatic carboxylic acids is 1. The molecule has 0 aliphatic carbocycles. The van der Waals surface area contributed by atoms with Crippen molar-refractivity contribution >= 4 is 27.0 Å². The van der Waals surface area contributed by atoms with E-state index < -0.39 is 27.6 Å². The summed E-state index contributed by atoms with van der Waals surface area (Å²) in [7, 11) is -1.23. The van der Waals surface area contributed by atoms with Crippen LogP contribution in [0, 0.1) is 0 Å². The molecule has 0 spiro atoms. The normalized spacial score (nSPS) is 12.4. The van der Waals surface area contributed by atoms with Crippen LogP contribution >= 0.6 is 0 Å². The first-order valence-corrected chi connectivity index (χ1v) is 13.7. The van der Waals surface area contributed by atoms with Gasteiger partial charge in [0, 0.05) is 7.05 Å². The predicted molar refractivity (Wildman–Crippen MR) is 143 cm³/mol. The van der Waals surface area contributed by atoms with Gasteiger partial charge in [-0.05, 0) is 49.2 Å². The average Bonchev–Trinajstić information content (AvgIpc) is 3.23. The molecule has 13 heteroatoms. The van der Waals surface area contributed by atoms with Gasteiger partial charge in [0.05, 0.1) is 29.9 Å². The summed E-state index contributed by atoms with van der Waals surface area (Å²) in [6.45, 7) is 4.03. The molecule has 2 aromatic carbocycles. The van der Waals surface area contributed by atoms with Crippen LogP contribution < -0.4 is 19.8 Å². The predicted octanol–water partition coefficient (Wildman–Crippen LogP) is 2.79. The van der Waals surface area contributed by atoms with Gasteiger partial charge in [-0.2, -0.15) is 9.82 Å². The lowest BCUT2D eigenvalue weighted by atomic mass is 10.1. The number of carboxylic acid groups (broad SMARTS) is 1. The van der Waals surface area contributed by atoms with E-state index in [2.05, 4.69) is 19.8 Å². The number of H-pyrrole nitrogens is 1. The van der Waals surface area contributed by atoms with Gasteiger partial charge >= 0.3 is 5.97 Å². The number of hydrogen-bond acceptors (Lipinski definition) is 8. The molecule has 2 aromatic heterocycles. The Morgan fingerprint density at radius 2 is 1.90 bits per heavy atom. The van der Waals surface area contributed by atoms with E-state index in [1.54, 1.807) is 14.0 Å². The molecule has 4 aromatic rings. The Kier molecular flexibility index (Phi) is 8.02. The second kappa shape index (κ2) is 11.3. The van der Waals surface area contributed by atoms with Gasteiger partial charge in [-0.25, -0.2) is 13.4 Å². The van der Waals surface area contributed by atoms with Crippen LogP contribution in [0.25, 0.3) is 22.4 Å². The number of carbonyl (C=O) groups is 1. The minimum Gasteiger partial charge on any atom is -0.497 e. The van der Waals surface area contributed by atoms with Gasteiger partial charge in [-0.1, -0.05) is 25.5 Å². The highest BCUT2D eigenvalue weighted by Gasteiger charge is 2.28. The number of rotatable bonds is 11. The van der Waals surface area contributed by atoms with E-state index in [0.29, 0.717) is 34.6 Å². The first-order chi connectivity index (χ1) is 18.6. The molecule has 0 bridgehead atoms. The SMILES string of the molecule is CCCc1nn(C)c2c(=O)[nH]c(-c3cc(S(=O)(=O)NC(C(=O)O)c4ccc(OC)cc4)ccc3OCC)nc12. The zero-order valence-electron chi connectivity index (χ0n) is 21.9. The number of aryl methyl sites for hydroxylation is 2. The van der Waals surface area contributed by atoms with Gasteiger partial charge in [0.1, 0.15) is 28.9 Å². The van der Waals surface area contributed by atoms with Crippen LogP contribution in [-0.4, -0.2) is 53.0 Å². The molecular weight excluding hydrogens is 526 g/mol. The largest absolute Gasteiger partial charge is 0.497 e. The van der Waals surface area contributed by atoms with Crippen molar-refractivity contribution in [1.82, 2.24) is 24.5 Å². The fourth-order valence-corrected chi connectivity index (χ4v) is 5.41. The van der Waals surface area contributed by atoms with Crippen LogP contribution in [-0.2, 0) is 28.3 Å². The number of sulfonamides is 1. The molecule has 0 radical (unpaired) electrons. The molecule has 0 aliphatic heterocycles. The van der Waals surface area contributed by atoms with Gasteiger partial charge in [-0.15, -0.1) is 0 Å². The van der Waals surface area contributed by atoms with Crippen molar-refractivity contribution in [1.29, 1.82) is 0 Å². The zero-order valence-corrected chi connectivity index (χ0v) is 22.7. The summed E-state index contributed by atoms with van der Waals surface area (Å²) in [5.41, 5.74) is 1.36. The molecular formula is C26H29N5O7S. The minimum absolute atomic E-state index is 0.100. The Morgan fingerprint density at radius 1 is 1.18 bits per heavy atom. The van der Waals surface area contributed by atoms with E-state index in [1.807, 2.05) is 6.92 Å². The third kappa shape index (κ3) is 5.64. The molecule has 4 rings (SSSR count). The maximum Gasteiger partial charge on any atom is 0.326 e. The fourth-order valence-electron chi connectivity index (χ4n) is 4.20. The highest BCUT2D eigenvalue weighted by Crippen LogP contribution is 2.32. The number of fused-ring (bicyclic) bond motifs is 1. The number of nitrogens with zero attached hydrogens (tertiary/aromatic N) is 3. The molecule has 2 heterocycles. The number of ether oxygens (including phenoxy) is 2. The van der Waals surface area contributed by atoms with E-state index >= 15 is 0 Å². The molecule has 12 nitrogen and oxygen atoms in total. The number of benzene rings is 2. The number of aromatic amines is 1. The maximum atomic E-state index is 13.4. The molecule has 0 fully saturated rings. The van der Waals surface area contributed by atoms with Gasteiger partial charge in [-0.3, -0.25) is 14.3 Å². The van der Waals surface area contributed by atoms with Crippen molar-refractivity contribution in [2.45, 2.75) is 37.6 Å². The molecule has 1 atom stereocenters. The fraction of sp³-hybridized carbons (Fsp3) is 0.308. The molecule has 39 heavy (non-hydrogen) atoms. The van der Waals surface area contributed by atoms with Crippen molar-refractivity contribution < 1.29 is 27.8 Å². The maximum absolute atomic E-state index is 13.4. The van der Waals surface area contributed by atoms with Crippen LogP contribution in [0.15, 0.2) is 52.2 Å². The molecule has 0 saturated carbocycles. The molecule has 206 valence electrons. The van der Waals surface area contributed by atoms with Crippen LogP contribution in [0.3, 0.4) is 0 Å². The Bertz CT molecular complexity index is 1680. The third-order valence-corrected chi connectivity index (χ3v) is 7.46. The van der Waals surface area contributed by atoms with Crippen molar-refractivity contribution in [3.8, 4) is 22.9 Å². The number of methoxy groups -OCH3 is 1. The molecule has 1 unspecified atom stereocenters. The second-order valence-electron chi connectivity index (χ2n) is 8.69. The Hall–Kier alpha value is -4.23. The van der Waals surface area contributed by atoms with Crippen LogP contribution in [0.1, 0.15) is 37.6 Å². The Morgan fingerprint density at radius 3 is 2.51 bits per heavy atom. The smallest absolute Gasteiger partial charge is 0.326 e. The Labute approximate surface area is 224 Å². The molecule has 0 aliphatic rings. The highest BCUT2D eigenvalue weighted by molar-refractivity contribution is 7.89. The topological polar surface area (TPSA) is 165 Å². The monoisotopic (exact) mass is 555 g/mol. The summed E-state index contributed by atoms with van der Waals surface area (Å²) in [5, 5.41) is 14.2. The summed E-state index contributed by atoms with van der Waals surface area (Å²) in [6, 6.07) is 8.49. The lowest BCUT2D eigenvalue weighted by molar-refractivity contribution is -0.139. The van der Waals surface area contributed by atoms with Crippen molar-refractivity contribution in [2.75, 3.05) is 13.7 Å². The summed E-state index contributed by atoms with van der Waals surface area (Å²) >= 11 is 0. The Balaban J connectivity index is 1.80. The molecule has 0 saturated heterocycles. The van der Waals surface area contributed by atoms with E-state index in [-0.39, 0.29) is 28.5 Å². The number of aromatic nitrogens is 4. The highest BCUT2D eigenvalue weighted by atomic mass is 32.2. The average molecular weight is 556 g/mol. The van der Waals surface area contributed by atoms with E-state index in [4.69, 9.17) is 9.47 Å². The van der Waals surface area contributed by atoms with Gasteiger partial charge in [0.15, 0.2) is 5.52 Å². The van der Waals surface area contributed by atoms with E-state index in [9.17, 15) is 23.1 Å². The van der Waals surface area contributed by atoms with Gasteiger partial charge in [0.2, 0.25) is 10.0 Å². The van der Waals surface area contributed by atoms with Gasteiger partial charge < -0.3 is 19.6 Å². The molecule has 3 N–H and O–H groups in total. The molecule has 0 amide bonds. The summed E-state index contributed by atoms with van der Waals surface area (Å²) < 4.78 is 41.3. The number of nitrogens with one attached hydrogen (secondary N) is 2. The third-order valence-electron chi connectivity index (χ3n) is 6.03. The first-order valence-electron chi connectivity index (χ1n) is 12.2. The summed E-state index contributed by atoms with van der Waals surface area (Å²) in [6.07, 6.45) is 1.39. The van der Waals surface area contributed by atoms with Crippen LogP contribution in [0.4, 0.5) is 0 Å². The number of hydrogen-bond donors (Lipinski definition) is 3. The zero-order chi connectivity index (χ0) is 28.3.